The second-order valence-corrected chi connectivity index (χ2v) is 9.53. The molecule has 0 saturated heterocycles. The Balaban J connectivity index is 1.52. The van der Waals surface area contributed by atoms with Crippen LogP contribution in [0.4, 0.5) is 0 Å². The van der Waals surface area contributed by atoms with Gasteiger partial charge in [-0.2, -0.15) is 0 Å². The van der Waals surface area contributed by atoms with Gasteiger partial charge in [0.1, 0.15) is 0 Å². The van der Waals surface area contributed by atoms with Gasteiger partial charge in [-0.3, -0.25) is 4.79 Å². The summed E-state index contributed by atoms with van der Waals surface area (Å²) in [6.45, 7) is 0.318. The van der Waals surface area contributed by atoms with Crippen molar-refractivity contribution in [1.82, 2.24) is 4.90 Å². The molecule has 1 aliphatic carbocycles. The fraction of sp³-hybridized carbons (Fsp3) is 0.448. The molecule has 1 fully saturated rings. The van der Waals surface area contributed by atoms with Crippen LogP contribution in [-0.4, -0.2) is 48.4 Å². The van der Waals surface area contributed by atoms with Crippen LogP contribution in [0.5, 0.6) is 0 Å². The van der Waals surface area contributed by atoms with Crippen molar-refractivity contribution < 1.29 is 28.9 Å². The lowest BCUT2D eigenvalue weighted by Gasteiger charge is -2.34. The zero-order valence-corrected chi connectivity index (χ0v) is 21.0. The number of amides is 1. The molecule has 1 saturated carbocycles. The number of aliphatic hydroxyl groups excluding tert-OH is 1. The minimum atomic E-state index is -0.600. The molecule has 0 radical (unpaired) electrons. The fourth-order valence-corrected chi connectivity index (χ4v) is 4.87. The van der Waals surface area contributed by atoms with Crippen LogP contribution in [0.2, 0.25) is 0 Å². The van der Waals surface area contributed by atoms with Crippen LogP contribution in [0.3, 0.4) is 0 Å². The first kappa shape index (κ1) is 25.9. The van der Waals surface area contributed by atoms with Gasteiger partial charge < -0.3 is 24.2 Å². The van der Waals surface area contributed by atoms with Crippen LogP contribution in [0.25, 0.3) is 0 Å². The molecule has 1 aliphatic heterocycles. The smallest absolute Gasteiger partial charge is 0.337 e. The Bertz CT molecular complexity index is 1060. The van der Waals surface area contributed by atoms with E-state index in [0.717, 1.165) is 42.4 Å². The molecule has 7 heteroatoms. The lowest BCUT2D eigenvalue weighted by molar-refractivity contribution is -0.156. The molecule has 2 aliphatic rings. The minimum Gasteiger partial charge on any atom is -0.465 e. The summed E-state index contributed by atoms with van der Waals surface area (Å²) in [4.78, 5) is 27.1. The van der Waals surface area contributed by atoms with Crippen LogP contribution in [-0.2, 0) is 32.2 Å². The first-order chi connectivity index (χ1) is 17.5. The SMILES string of the molecule is COC(=O)c1ccc([C@H]2C=C(C(=O)N(C)C3CCCCC3)O[C@@H](OCc3ccc(CO)cc3)C2)cc1. The second kappa shape index (κ2) is 12.2. The van der Waals surface area contributed by atoms with Crippen LogP contribution >= 0.6 is 0 Å². The number of hydrogen-bond donors (Lipinski definition) is 1. The molecule has 0 bridgehead atoms. The number of methoxy groups -OCH3 is 1. The standard InChI is InChI=1S/C29H35NO6/c1-30(25-6-4-3-5-7-25)28(32)26-16-24(22-12-14-23(15-13-22)29(33)34-2)17-27(36-26)35-19-21-10-8-20(18-31)9-11-21/h8-16,24-25,27,31H,3-7,17-19H2,1-2H3/t24-,27+/m0/s1. The van der Waals surface area contributed by atoms with E-state index in [1.54, 1.807) is 12.1 Å². The van der Waals surface area contributed by atoms with Gasteiger partial charge in [0.05, 0.1) is 25.9 Å². The van der Waals surface area contributed by atoms with Crippen molar-refractivity contribution in [2.24, 2.45) is 0 Å². The third-order valence-corrected chi connectivity index (χ3v) is 7.11. The van der Waals surface area contributed by atoms with E-state index in [4.69, 9.17) is 14.2 Å². The maximum Gasteiger partial charge on any atom is 0.337 e. The summed E-state index contributed by atoms with van der Waals surface area (Å²) < 4.78 is 17.0. The zero-order valence-electron chi connectivity index (χ0n) is 21.0. The summed E-state index contributed by atoms with van der Waals surface area (Å²) in [6, 6.07) is 15.0. The normalized spacial score (nSPS) is 20.2. The molecule has 1 heterocycles. The van der Waals surface area contributed by atoms with Crippen LogP contribution < -0.4 is 0 Å². The van der Waals surface area contributed by atoms with Crippen LogP contribution in [0.1, 0.15) is 71.5 Å². The number of esters is 1. The number of benzene rings is 2. The Kier molecular flexibility index (Phi) is 8.78. The average molecular weight is 494 g/mol. The van der Waals surface area contributed by atoms with Crippen molar-refractivity contribution in [1.29, 1.82) is 0 Å². The zero-order chi connectivity index (χ0) is 25.5. The van der Waals surface area contributed by atoms with Gasteiger partial charge in [0.15, 0.2) is 5.76 Å². The fourth-order valence-electron chi connectivity index (χ4n) is 4.87. The Labute approximate surface area is 212 Å². The molecule has 0 spiro atoms. The molecular weight excluding hydrogens is 458 g/mol. The third kappa shape index (κ3) is 6.33. The van der Waals surface area contributed by atoms with E-state index in [1.807, 2.05) is 54.4 Å². The summed E-state index contributed by atoms with van der Waals surface area (Å²) in [5.41, 5.74) is 3.24. The van der Waals surface area contributed by atoms with Crippen molar-refractivity contribution in [3.05, 3.63) is 82.6 Å². The van der Waals surface area contributed by atoms with Crippen LogP contribution in [0, 0.1) is 0 Å². The van der Waals surface area contributed by atoms with Gasteiger partial charge in [0.25, 0.3) is 5.91 Å². The summed E-state index contributed by atoms with van der Waals surface area (Å²) in [5.74, 6) is -0.316. The van der Waals surface area contributed by atoms with Gasteiger partial charge in [-0.05, 0) is 47.7 Å². The molecule has 1 amide bonds. The van der Waals surface area contributed by atoms with Gasteiger partial charge in [-0.15, -0.1) is 0 Å². The first-order valence-electron chi connectivity index (χ1n) is 12.6. The monoisotopic (exact) mass is 493 g/mol. The van der Waals surface area contributed by atoms with E-state index >= 15 is 0 Å². The molecular formula is C29H35NO6. The summed E-state index contributed by atoms with van der Waals surface area (Å²) in [7, 11) is 3.22. The molecule has 2 aromatic carbocycles. The molecule has 0 unspecified atom stereocenters. The van der Waals surface area contributed by atoms with Crippen molar-refractivity contribution in [2.75, 3.05) is 14.2 Å². The molecule has 4 rings (SSSR count). The number of rotatable bonds is 8. The van der Waals surface area contributed by atoms with Gasteiger partial charge in [-0.25, -0.2) is 4.79 Å². The van der Waals surface area contributed by atoms with Crippen molar-refractivity contribution in [3.63, 3.8) is 0 Å². The van der Waals surface area contributed by atoms with E-state index in [2.05, 4.69) is 0 Å². The van der Waals surface area contributed by atoms with Crippen LogP contribution in [0.15, 0.2) is 60.4 Å². The molecule has 1 N–H and O–H groups in total. The van der Waals surface area contributed by atoms with E-state index in [9.17, 15) is 14.7 Å². The maximum atomic E-state index is 13.4. The second-order valence-electron chi connectivity index (χ2n) is 9.53. The van der Waals surface area contributed by atoms with E-state index in [0.29, 0.717) is 24.4 Å². The largest absolute Gasteiger partial charge is 0.465 e. The first-order valence-corrected chi connectivity index (χ1v) is 12.6. The molecule has 192 valence electrons. The highest BCUT2D eigenvalue weighted by molar-refractivity contribution is 5.92. The summed E-state index contributed by atoms with van der Waals surface area (Å²) >= 11 is 0. The average Bonchev–Trinajstić information content (AvgIpc) is 2.95. The Morgan fingerprint density at radius 3 is 2.31 bits per heavy atom. The topological polar surface area (TPSA) is 85.3 Å². The molecule has 2 aromatic rings. The highest BCUT2D eigenvalue weighted by Gasteiger charge is 2.32. The number of carbonyl (C=O) groups is 2. The number of nitrogens with zero attached hydrogens (tertiary/aromatic N) is 1. The third-order valence-electron chi connectivity index (χ3n) is 7.11. The molecule has 36 heavy (non-hydrogen) atoms. The Morgan fingerprint density at radius 2 is 1.67 bits per heavy atom. The number of aliphatic hydroxyl groups is 1. The van der Waals surface area contributed by atoms with Gasteiger partial charge >= 0.3 is 5.97 Å². The number of allylic oxidation sites excluding steroid dienone is 1. The van der Waals surface area contributed by atoms with Crippen molar-refractivity contribution in [3.8, 4) is 0 Å². The lowest BCUT2D eigenvalue weighted by Crippen LogP contribution is -2.41. The number of ether oxygens (including phenoxy) is 3. The Hall–Kier alpha value is -3.16. The Morgan fingerprint density at radius 1 is 1.00 bits per heavy atom. The van der Waals surface area contributed by atoms with Gasteiger partial charge in [-0.1, -0.05) is 55.7 Å². The van der Waals surface area contributed by atoms with E-state index in [1.165, 1.54) is 13.5 Å². The van der Waals surface area contributed by atoms with Crippen molar-refractivity contribution in [2.45, 2.75) is 70.0 Å². The van der Waals surface area contributed by atoms with Crippen molar-refractivity contribution >= 4 is 11.9 Å². The number of carbonyl (C=O) groups excluding carboxylic acids is 2. The molecule has 7 nitrogen and oxygen atoms in total. The highest BCUT2D eigenvalue weighted by Crippen LogP contribution is 2.33. The quantitative estimate of drug-likeness (QED) is 0.537. The maximum absolute atomic E-state index is 13.4. The number of likely N-dealkylation sites (N-methyl/N-ethyl adjacent to an activating group) is 1. The predicted octanol–water partition coefficient (Wildman–Crippen LogP) is 4.69. The van der Waals surface area contributed by atoms with E-state index in [-0.39, 0.29) is 30.4 Å². The summed E-state index contributed by atoms with van der Waals surface area (Å²) in [5, 5.41) is 9.26. The van der Waals surface area contributed by atoms with Gasteiger partial charge in [0.2, 0.25) is 6.29 Å². The lowest BCUT2D eigenvalue weighted by atomic mass is 9.91. The predicted molar refractivity (Wildman–Crippen MR) is 135 cm³/mol. The minimum absolute atomic E-state index is 0.00585. The summed E-state index contributed by atoms with van der Waals surface area (Å²) in [6.07, 6.45) is 7.33. The van der Waals surface area contributed by atoms with Gasteiger partial charge in [0, 0.05) is 25.4 Å². The number of hydrogen-bond acceptors (Lipinski definition) is 6. The molecule has 2 atom stereocenters. The highest BCUT2D eigenvalue weighted by atomic mass is 16.7. The molecule has 0 aromatic heterocycles. The van der Waals surface area contributed by atoms with E-state index < -0.39 is 6.29 Å².